The minimum Gasteiger partial charge on any atom is -0.311 e. The zero-order valence-corrected chi connectivity index (χ0v) is 11.4. The first-order valence-corrected chi connectivity index (χ1v) is 6.73. The third kappa shape index (κ3) is 3.72. The van der Waals surface area contributed by atoms with Crippen LogP contribution in [0.15, 0.2) is 24.3 Å². The summed E-state index contributed by atoms with van der Waals surface area (Å²) in [5.41, 5.74) is 1.94. The van der Waals surface area contributed by atoms with Crippen LogP contribution in [0, 0.1) is 0 Å². The number of halogens is 3. The molecular formula is C14H18F3N3. The van der Waals surface area contributed by atoms with Crippen molar-refractivity contribution in [2.75, 3.05) is 6.54 Å². The predicted octanol–water partition coefficient (Wildman–Crippen LogP) is 3.49. The van der Waals surface area contributed by atoms with Gasteiger partial charge in [-0.05, 0) is 26.0 Å². The van der Waals surface area contributed by atoms with Gasteiger partial charge in [-0.1, -0.05) is 18.2 Å². The van der Waals surface area contributed by atoms with Gasteiger partial charge in [0.2, 0.25) is 0 Å². The summed E-state index contributed by atoms with van der Waals surface area (Å²) < 4.78 is 38.0. The van der Waals surface area contributed by atoms with Gasteiger partial charge in [0.25, 0.3) is 0 Å². The molecule has 0 radical (unpaired) electrons. The molecule has 1 aromatic heterocycles. The van der Waals surface area contributed by atoms with E-state index in [1.807, 2.05) is 35.9 Å². The maximum Gasteiger partial charge on any atom is 0.389 e. The summed E-state index contributed by atoms with van der Waals surface area (Å²) in [6.45, 7) is 3.62. The number of alkyl halides is 3. The van der Waals surface area contributed by atoms with Crippen LogP contribution in [-0.4, -0.2) is 22.5 Å². The highest BCUT2D eigenvalue weighted by molar-refractivity contribution is 5.81. The number of fused-ring (bicyclic) bond motifs is 1. The second-order valence-electron chi connectivity index (χ2n) is 4.68. The van der Waals surface area contributed by atoms with Gasteiger partial charge in [-0.25, -0.2) is 0 Å². The monoisotopic (exact) mass is 285 g/mol. The molecule has 1 N–H and O–H groups in total. The number of hydrogen-bond acceptors (Lipinski definition) is 2. The lowest BCUT2D eigenvalue weighted by atomic mass is 10.2. The van der Waals surface area contributed by atoms with E-state index in [9.17, 15) is 13.2 Å². The van der Waals surface area contributed by atoms with Gasteiger partial charge in [-0.3, -0.25) is 4.68 Å². The van der Waals surface area contributed by atoms with Crippen molar-refractivity contribution in [3.05, 3.63) is 30.0 Å². The third-order valence-corrected chi connectivity index (χ3v) is 3.14. The Bertz CT molecular complexity index is 560. The Morgan fingerprint density at radius 3 is 2.70 bits per heavy atom. The lowest BCUT2D eigenvalue weighted by Crippen LogP contribution is -2.18. The number of hydrogen-bond donors (Lipinski definition) is 1. The van der Waals surface area contributed by atoms with E-state index < -0.39 is 12.6 Å². The largest absolute Gasteiger partial charge is 0.389 e. The van der Waals surface area contributed by atoms with Crippen LogP contribution >= 0.6 is 0 Å². The van der Waals surface area contributed by atoms with E-state index in [0.717, 1.165) is 23.1 Å². The highest BCUT2D eigenvalue weighted by Crippen LogP contribution is 2.21. The number of rotatable bonds is 6. The number of aromatic nitrogens is 2. The van der Waals surface area contributed by atoms with Crippen LogP contribution in [0.1, 0.15) is 25.5 Å². The first-order valence-electron chi connectivity index (χ1n) is 6.73. The molecule has 1 aromatic carbocycles. The zero-order valence-electron chi connectivity index (χ0n) is 11.4. The summed E-state index contributed by atoms with van der Waals surface area (Å²) in [6.07, 6.45) is -4.72. The van der Waals surface area contributed by atoms with Crippen molar-refractivity contribution < 1.29 is 13.2 Å². The molecule has 0 saturated heterocycles. The fourth-order valence-electron chi connectivity index (χ4n) is 2.19. The van der Waals surface area contributed by atoms with E-state index in [4.69, 9.17) is 0 Å². The van der Waals surface area contributed by atoms with E-state index in [-0.39, 0.29) is 6.42 Å². The molecule has 0 amide bonds. The number of para-hydroxylation sites is 1. The molecule has 20 heavy (non-hydrogen) atoms. The highest BCUT2D eigenvalue weighted by atomic mass is 19.4. The second kappa shape index (κ2) is 6.26. The van der Waals surface area contributed by atoms with Gasteiger partial charge < -0.3 is 5.32 Å². The zero-order chi connectivity index (χ0) is 14.6. The smallest absolute Gasteiger partial charge is 0.311 e. The molecule has 110 valence electrons. The fraction of sp³-hybridized carbons (Fsp3) is 0.500. The predicted molar refractivity (Wildman–Crippen MR) is 72.4 cm³/mol. The molecule has 0 saturated carbocycles. The van der Waals surface area contributed by atoms with Gasteiger partial charge in [-0.15, -0.1) is 0 Å². The average Bonchev–Trinajstić information content (AvgIpc) is 2.76. The van der Waals surface area contributed by atoms with Crippen LogP contribution in [-0.2, 0) is 13.1 Å². The van der Waals surface area contributed by atoms with Crippen LogP contribution in [0.2, 0.25) is 0 Å². The summed E-state index contributed by atoms with van der Waals surface area (Å²) in [6, 6.07) is 7.88. The van der Waals surface area contributed by atoms with E-state index in [0.29, 0.717) is 13.1 Å². The van der Waals surface area contributed by atoms with Crippen molar-refractivity contribution >= 4 is 10.9 Å². The normalized spacial score (nSPS) is 12.2. The summed E-state index contributed by atoms with van der Waals surface area (Å²) in [5, 5.41) is 8.57. The SMILES string of the molecule is CCn1nc(CNCCCC(F)(F)F)c2ccccc21. The molecule has 3 nitrogen and oxygen atoms in total. The molecule has 0 fully saturated rings. The third-order valence-electron chi connectivity index (χ3n) is 3.14. The fourth-order valence-corrected chi connectivity index (χ4v) is 2.19. The van der Waals surface area contributed by atoms with E-state index >= 15 is 0 Å². The molecule has 0 bridgehead atoms. The Labute approximate surface area is 115 Å². The van der Waals surface area contributed by atoms with Crippen LogP contribution in [0.5, 0.6) is 0 Å². The van der Waals surface area contributed by atoms with Gasteiger partial charge in [0, 0.05) is 24.9 Å². The van der Waals surface area contributed by atoms with Gasteiger partial charge in [-0.2, -0.15) is 18.3 Å². The first-order chi connectivity index (χ1) is 9.51. The summed E-state index contributed by atoms with van der Waals surface area (Å²) in [5.74, 6) is 0. The average molecular weight is 285 g/mol. The summed E-state index contributed by atoms with van der Waals surface area (Å²) in [7, 11) is 0. The van der Waals surface area contributed by atoms with E-state index in [1.165, 1.54) is 0 Å². The highest BCUT2D eigenvalue weighted by Gasteiger charge is 2.25. The van der Waals surface area contributed by atoms with Gasteiger partial charge in [0.1, 0.15) is 0 Å². The molecule has 0 spiro atoms. The Morgan fingerprint density at radius 2 is 2.00 bits per heavy atom. The van der Waals surface area contributed by atoms with Crippen LogP contribution in [0.3, 0.4) is 0 Å². The van der Waals surface area contributed by atoms with Crippen LogP contribution < -0.4 is 5.32 Å². The second-order valence-corrected chi connectivity index (χ2v) is 4.68. The number of benzene rings is 1. The lowest BCUT2D eigenvalue weighted by molar-refractivity contribution is -0.135. The lowest BCUT2D eigenvalue weighted by Gasteiger charge is -2.06. The molecule has 0 aliphatic carbocycles. The summed E-state index contributed by atoms with van der Waals surface area (Å²) >= 11 is 0. The number of nitrogens with zero attached hydrogens (tertiary/aromatic N) is 2. The molecule has 0 atom stereocenters. The van der Waals surface area contributed by atoms with Crippen molar-refractivity contribution in [2.45, 2.75) is 39.0 Å². The van der Waals surface area contributed by atoms with Crippen molar-refractivity contribution in [3.63, 3.8) is 0 Å². The Hall–Kier alpha value is -1.56. The number of nitrogens with one attached hydrogen (secondary N) is 1. The minimum absolute atomic E-state index is 0.0932. The maximum absolute atomic E-state index is 12.0. The van der Waals surface area contributed by atoms with Gasteiger partial charge >= 0.3 is 6.18 Å². The minimum atomic E-state index is -4.07. The molecular weight excluding hydrogens is 267 g/mol. The first kappa shape index (κ1) is 14.8. The summed E-state index contributed by atoms with van der Waals surface area (Å²) in [4.78, 5) is 0. The molecule has 0 unspecified atom stereocenters. The Kier molecular flexibility index (Phi) is 4.65. The molecule has 0 aliphatic heterocycles. The van der Waals surface area contributed by atoms with Crippen molar-refractivity contribution in [1.29, 1.82) is 0 Å². The topological polar surface area (TPSA) is 29.9 Å². The van der Waals surface area contributed by atoms with Crippen LogP contribution in [0.4, 0.5) is 13.2 Å². The van der Waals surface area contributed by atoms with Crippen molar-refractivity contribution in [2.24, 2.45) is 0 Å². The number of aryl methyl sites for hydroxylation is 1. The Balaban J connectivity index is 1.93. The van der Waals surface area contributed by atoms with E-state index in [1.54, 1.807) is 0 Å². The van der Waals surface area contributed by atoms with Crippen molar-refractivity contribution in [1.82, 2.24) is 15.1 Å². The van der Waals surface area contributed by atoms with E-state index in [2.05, 4.69) is 10.4 Å². The van der Waals surface area contributed by atoms with Gasteiger partial charge in [0.15, 0.2) is 0 Å². The van der Waals surface area contributed by atoms with Crippen molar-refractivity contribution in [3.8, 4) is 0 Å². The van der Waals surface area contributed by atoms with Gasteiger partial charge in [0.05, 0.1) is 11.2 Å². The molecule has 6 heteroatoms. The Morgan fingerprint density at radius 1 is 1.25 bits per heavy atom. The molecule has 1 heterocycles. The molecule has 2 rings (SSSR count). The maximum atomic E-state index is 12.0. The standard InChI is InChI=1S/C14H18F3N3/c1-2-20-13-7-4-3-6-11(13)12(19-20)10-18-9-5-8-14(15,16)17/h3-4,6-7,18H,2,5,8-10H2,1H3. The molecule has 2 aromatic rings. The van der Waals surface area contributed by atoms with Crippen LogP contribution in [0.25, 0.3) is 10.9 Å². The quantitative estimate of drug-likeness (QED) is 0.823. The molecule has 0 aliphatic rings.